The lowest BCUT2D eigenvalue weighted by Crippen LogP contribution is -2.22. The maximum Gasteiger partial charge on any atom is 0.270 e. The van der Waals surface area contributed by atoms with Gasteiger partial charge in [0.2, 0.25) is 0 Å². The van der Waals surface area contributed by atoms with Gasteiger partial charge in [0.15, 0.2) is 0 Å². The third-order valence-electron chi connectivity index (χ3n) is 2.72. The number of hydrogen-bond acceptors (Lipinski definition) is 4. The maximum atomic E-state index is 12.0. The van der Waals surface area contributed by atoms with Crippen LogP contribution in [0.4, 0.5) is 0 Å². The molecule has 2 aromatic rings. The van der Waals surface area contributed by atoms with Crippen LogP contribution in [-0.2, 0) is 15.6 Å². The highest BCUT2D eigenvalue weighted by atomic mass is 79.9. The summed E-state index contributed by atoms with van der Waals surface area (Å²) in [5, 5.41) is 2.74. The van der Waals surface area contributed by atoms with Crippen LogP contribution in [0.25, 0.3) is 0 Å². The van der Waals surface area contributed by atoms with Gasteiger partial charge in [-0.05, 0) is 42.8 Å². The van der Waals surface area contributed by atoms with Crippen molar-refractivity contribution in [2.24, 2.45) is 0 Å². The van der Waals surface area contributed by atoms with Crippen LogP contribution in [-0.4, -0.2) is 14.3 Å². The molecule has 4 nitrogen and oxygen atoms in total. The summed E-state index contributed by atoms with van der Waals surface area (Å²) in [7, 11) is 1.54. The second-order valence-electron chi connectivity index (χ2n) is 4.31. The van der Waals surface area contributed by atoms with Gasteiger partial charge in [0.25, 0.3) is 15.0 Å². The largest absolute Gasteiger partial charge is 0.347 e. The number of thiophene rings is 1. The summed E-state index contributed by atoms with van der Waals surface area (Å²) < 4.78 is 23.3. The Morgan fingerprint density at radius 2 is 2.05 bits per heavy atom. The molecule has 0 spiro atoms. The van der Waals surface area contributed by atoms with Gasteiger partial charge in [0.1, 0.15) is 4.21 Å². The molecule has 1 aromatic carbocycles. The van der Waals surface area contributed by atoms with Crippen molar-refractivity contribution in [3.63, 3.8) is 0 Å². The Bertz CT molecular complexity index is 786. The van der Waals surface area contributed by atoms with Crippen molar-refractivity contribution >= 4 is 52.9 Å². The van der Waals surface area contributed by atoms with E-state index in [2.05, 4.69) is 21.2 Å². The molecule has 0 bridgehead atoms. The lowest BCUT2D eigenvalue weighted by atomic mass is 10.1. The van der Waals surface area contributed by atoms with E-state index >= 15 is 0 Å². The van der Waals surface area contributed by atoms with Crippen molar-refractivity contribution in [1.82, 2.24) is 5.32 Å². The highest BCUT2D eigenvalue weighted by Crippen LogP contribution is 2.24. The van der Waals surface area contributed by atoms with E-state index in [1.54, 1.807) is 18.2 Å². The molecule has 1 amide bonds. The molecule has 0 fully saturated rings. The third-order valence-corrected chi connectivity index (χ3v) is 6.79. The molecule has 0 aliphatic heterocycles. The Morgan fingerprint density at radius 3 is 2.62 bits per heavy atom. The summed E-state index contributed by atoms with van der Waals surface area (Å²) in [6, 6.07) is 8.37. The minimum absolute atomic E-state index is 0.0768. The van der Waals surface area contributed by atoms with Gasteiger partial charge in [-0.3, -0.25) is 4.79 Å². The normalized spacial score (nSPS) is 11.4. The number of nitrogens with one attached hydrogen (secondary N) is 1. The molecule has 1 aromatic heterocycles. The van der Waals surface area contributed by atoms with Gasteiger partial charge < -0.3 is 5.32 Å². The molecule has 21 heavy (non-hydrogen) atoms. The molecule has 1 N–H and O–H groups in total. The van der Waals surface area contributed by atoms with E-state index in [1.165, 1.54) is 6.07 Å². The highest BCUT2D eigenvalue weighted by molar-refractivity contribution is 9.10. The molecule has 2 rings (SSSR count). The summed E-state index contributed by atoms with van der Waals surface area (Å²) in [5.74, 6) is -0.214. The van der Waals surface area contributed by atoms with Crippen LogP contribution in [0.3, 0.4) is 0 Å². The Hall–Kier alpha value is -0.890. The highest BCUT2D eigenvalue weighted by Gasteiger charge is 2.14. The first kappa shape index (κ1) is 16.5. The first-order valence-corrected chi connectivity index (χ1v) is 9.77. The van der Waals surface area contributed by atoms with E-state index in [-0.39, 0.29) is 16.7 Å². The minimum atomic E-state index is -3.71. The van der Waals surface area contributed by atoms with Crippen LogP contribution >= 0.6 is 37.9 Å². The second kappa shape index (κ2) is 6.48. The zero-order valence-electron chi connectivity index (χ0n) is 10.9. The van der Waals surface area contributed by atoms with Gasteiger partial charge in [-0.15, -0.1) is 11.3 Å². The van der Waals surface area contributed by atoms with Gasteiger partial charge in [0.05, 0.1) is 6.54 Å². The Morgan fingerprint density at radius 1 is 1.33 bits per heavy atom. The number of halogens is 2. The molecule has 0 radical (unpaired) electrons. The summed E-state index contributed by atoms with van der Waals surface area (Å²) >= 11 is 4.42. The third kappa shape index (κ3) is 4.29. The van der Waals surface area contributed by atoms with E-state index in [1.807, 2.05) is 13.0 Å². The molecule has 1 heterocycles. The molecule has 0 aliphatic carbocycles. The zero-order valence-corrected chi connectivity index (χ0v) is 14.9. The smallest absolute Gasteiger partial charge is 0.270 e. The van der Waals surface area contributed by atoms with Crippen LogP contribution in [0.1, 0.15) is 20.8 Å². The molecule has 0 saturated carbocycles. The lowest BCUT2D eigenvalue weighted by molar-refractivity contribution is 0.0951. The topological polar surface area (TPSA) is 63.2 Å². The van der Waals surface area contributed by atoms with Gasteiger partial charge >= 0.3 is 0 Å². The van der Waals surface area contributed by atoms with Crippen LogP contribution in [0.15, 0.2) is 39.0 Å². The van der Waals surface area contributed by atoms with Crippen LogP contribution in [0.5, 0.6) is 0 Å². The molecular weight excluding hydrogens is 398 g/mol. The van der Waals surface area contributed by atoms with Crippen molar-refractivity contribution in [2.75, 3.05) is 0 Å². The zero-order chi connectivity index (χ0) is 15.6. The number of carbonyl (C=O) groups is 1. The van der Waals surface area contributed by atoms with Gasteiger partial charge in [0, 0.05) is 25.6 Å². The monoisotopic (exact) mass is 407 g/mol. The van der Waals surface area contributed by atoms with E-state index < -0.39 is 9.05 Å². The van der Waals surface area contributed by atoms with Gasteiger partial charge in [-0.1, -0.05) is 15.9 Å². The quantitative estimate of drug-likeness (QED) is 0.785. The van der Waals surface area contributed by atoms with E-state index in [0.29, 0.717) is 5.56 Å². The minimum Gasteiger partial charge on any atom is -0.347 e. The molecule has 0 unspecified atom stereocenters. The SMILES string of the molecule is Cc1cc(C(=O)NCc2ccc(S(=O)(=O)Cl)s2)ccc1Br. The molecule has 0 atom stereocenters. The second-order valence-corrected chi connectivity index (χ2v) is 9.12. The molecule has 0 saturated heterocycles. The number of benzene rings is 1. The summed E-state index contributed by atoms with van der Waals surface area (Å²) in [4.78, 5) is 12.7. The van der Waals surface area contributed by atoms with Crippen LogP contribution in [0, 0.1) is 6.92 Å². The van der Waals surface area contributed by atoms with E-state index in [4.69, 9.17) is 10.7 Å². The van der Waals surface area contributed by atoms with E-state index in [9.17, 15) is 13.2 Å². The number of hydrogen-bond donors (Lipinski definition) is 1. The average molecular weight is 409 g/mol. The first-order valence-electron chi connectivity index (χ1n) is 5.85. The van der Waals surface area contributed by atoms with E-state index in [0.717, 1.165) is 26.3 Å². The number of aryl methyl sites for hydroxylation is 1. The predicted molar refractivity (Wildman–Crippen MR) is 87.4 cm³/mol. The molecule has 112 valence electrons. The van der Waals surface area contributed by atoms with Crippen molar-refractivity contribution in [3.05, 3.63) is 50.8 Å². The fourth-order valence-corrected chi connectivity index (χ4v) is 3.95. The summed E-state index contributed by atoms with van der Waals surface area (Å²) in [6.07, 6.45) is 0. The Kier molecular flexibility index (Phi) is 5.08. The van der Waals surface area contributed by atoms with Crippen molar-refractivity contribution in [1.29, 1.82) is 0 Å². The maximum absolute atomic E-state index is 12.0. The van der Waals surface area contributed by atoms with Crippen LogP contribution < -0.4 is 5.32 Å². The summed E-state index contributed by atoms with van der Waals surface area (Å²) in [6.45, 7) is 2.16. The number of amides is 1. The number of carbonyl (C=O) groups excluding carboxylic acids is 1. The molecule has 8 heteroatoms. The van der Waals surface area contributed by atoms with Crippen LogP contribution in [0.2, 0.25) is 0 Å². The van der Waals surface area contributed by atoms with Crippen molar-refractivity contribution in [3.8, 4) is 0 Å². The summed E-state index contributed by atoms with van der Waals surface area (Å²) in [5.41, 5.74) is 1.52. The lowest BCUT2D eigenvalue weighted by Gasteiger charge is -2.05. The standard InChI is InChI=1S/C13H11BrClNO3S2/c1-8-6-9(2-4-11(8)14)13(17)16-7-10-3-5-12(20-10)21(15,18)19/h2-6H,7H2,1H3,(H,16,17). The molecular formula is C13H11BrClNO3S2. The fraction of sp³-hybridized carbons (Fsp3) is 0.154. The fourth-order valence-electron chi connectivity index (χ4n) is 1.64. The molecule has 0 aliphatic rings. The van der Waals surface area contributed by atoms with Gasteiger partial charge in [-0.2, -0.15) is 0 Å². The van der Waals surface area contributed by atoms with Crippen molar-refractivity contribution in [2.45, 2.75) is 17.7 Å². The van der Waals surface area contributed by atoms with Crippen molar-refractivity contribution < 1.29 is 13.2 Å². The predicted octanol–water partition coefficient (Wildman–Crippen LogP) is 3.68. The Balaban J connectivity index is 2.04. The van der Waals surface area contributed by atoms with Gasteiger partial charge in [-0.25, -0.2) is 8.42 Å². The number of rotatable bonds is 4. The first-order chi connectivity index (χ1) is 9.77. The Labute approximate surface area is 139 Å². The average Bonchev–Trinajstić information content (AvgIpc) is 2.88.